The number of anilines is 1. The zero-order valence-electron chi connectivity index (χ0n) is 12.9. The van der Waals surface area contributed by atoms with Crippen LogP contribution in [0.3, 0.4) is 0 Å². The number of nitrogens with one attached hydrogen (secondary N) is 1. The molecular formula is C17H13N3O5. The number of benzene rings is 2. The van der Waals surface area contributed by atoms with Gasteiger partial charge in [-0.1, -0.05) is 12.1 Å². The van der Waals surface area contributed by atoms with E-state index in [9.17, 15) is 14.8 Å². The van der Waals surface area contributed by atoms with E-state index < -0.39 is 5.91 Å². The first-order valence-electron chi connectivity index (χ1n) is 7.52. The molecule has 3 aromatic rings. The predicted octanol–water partition coefficient (Wildman–Crippen LogP) is 2.19. The summed E-state index contributed by atoms with van der Waals surface area (Å²) in [6, 6.07) is 11.7. The highest BCUT2D eigenvalue weighted by atomic mass is 16.5. The van der Waals surface area contributed by atoms with Crippen molar-refractivity contribution in [3.05, 3.63) is 53.9 Å². The van der Waals surface area contributed by atoms with Crippen LogP contribution in [0.1, 0.15) is 16.2 Å². The molecule has 8 heteroatoms. The van der Waals surface area contributed by atoms with Gasteiger partial charge < -0.3 is 14.5 Å². The van der Waals surface area contributed by atoms with E-state index in [1.165, 1.54) is 12.1 Å². The van der Waals surface area contributed by atoms with E-state index in [0.29, 0.717) is 27.6 Å². The molecule has 0 spiro atoms. The number of hydrogen-bond acceptors (Lipinski definition) is 6. The number of ether oxygens (including phenoxy) is 1. The smallest absolute Gasteiger partial charge is 0.277 e. The van der Waals surface area contributed by atoms with Crippen molar-refractivity contribution in [3.8, 4) is 5.75 Å². The number of amides is 2. The van der Waals surface area contributed by atoms with Crippen molar-refractivity contribution >= 4 is 28.6 Å². The molecule has 1 aliphatic rings. The Bertz CT molecular complexity index is 948. The number of oxazole rings is 1. The van der Waals surface area contributed by atoms with Gasteiger partial charge >= 0.3 is 0 Å². The first kappa shape index (κ1) is 15.2. The van der Waals surface area contributed by atoms with Crippen LogP contribution in [0, 0.1) is 0 Å². The lowest BCUT2D eigenvalue weighted by Gasteiger charge is -2.19. The van der Waals surface area contributed by atoms with Gasteiger partial charge in [0.15, 0.2) is 12.2 Å². The number of hydrogen-bond donors (Lipinski definition) is 2. The number of carbonyl (C=O) groups excluding carboxylic acids is 2. The summed E-state index contributed by atoms with van der Waals surface area (Å²) < 4.78 is 10.7. The molecule has 2 N–H and O–H groups in total. The van der Waals surface area contributed by atoms with E-state index in [2.05, 4.69) is 10.3 Å². The van der Waals surface area contributed by atoms with Crippen molar-refractivity contribution in [1.29, 1.82) is 0 Å². The molecule has 0 atom stereocenters. The Labute approximate surface area is 141 Å². The number of nitrogens with zero attached hydrogens (tertiary/aromatic N) is 2. The zero-order chi connectivity index (χ0) is 17.4. The number of hydroxylamine groups is 2. The summed E-state index contributed by atoms with van der Waals surface area (Å²) in [5, 5.41) is 13.2. The molecule has 2 amide bonds. The van der Waals surface area contributed by atoms with Gasteiger partial charge in [-0.05, 0) is 30.3 Å². The molecule has 0 bridgehead atoms. The predicted molar refractivity (Wildman–Crippen MR) is 86.2 cm³/mol. The minimum absolute atomic E-state index is 0.0653. The molecule has 8 nitrogen and oxygen atoms in total. The fourth-order valence-corrected chi connectivity index (χ4v) is 2.55. The van der Waals surface area contributed by atoms with Gasteiger partial charge in [0.05, 0.1) is 5.69 Å². The lowest BCUT2D eigenvalue weighted by Crippen LogP contribution is -2.28. The highest BCUT2D eigenvalue weighted by molar-refractivity contribution is 5.99. The highest BCUT2D eigenvalue weighted by Gasteiger charge is 2.21. The molecule has 1 aliphatic heterocycles. The Morgan fingerprint density at radius 2 is 2.12 bits per heavy atom. The average Bonchev–Trinajstić information content (AvgIpc) is 3.02. The fourth-order valence-electron chi connectivity index (χ4n) is 2.55. The van der Waals surface area contributed by atoms with Gasteiger partial charge in [0.25, 0.3) is 11.8 Å². The van der Waals surface area contributed by atoms with Crippen molar-refractivity contribution in [1.82, 2.24) is 10.0 Å². The molecule has 0 unspecified atom stereocenters. The molecule has 0 radical (unpaired) electrons. The van der Waals surface area contributed by atoms with E-state index in [1.807, 2.05) is 12.1 Å². The molecule has 1 aromatic heterocycles. The van der Waals surface area contributed by atoms with Crippen molar-refractivity contribution in [3.63, 3.8) is 0 Å². The van der Waals surface area contributed by atoms with Gasteiger partial charge in [0.1, 0.15) is 17.8 Å². The van der Waals surface area contributed by atoms with Crippen LogP contribution in [0.5, 0.6) is 5.75 Å². The molecule has 2 heterocycles. The molecule has 126 valence electrons. The number of aromatic nitrogens is 1. The van der Waals surface area contributed by atoms with Crippen LogP contribution in [-0.2, 0) is 11.3 Å². The molecule has 0 fully saturated rings. The SMILES string of the molecule is O=C1COc2ccc(C(=O)N(O)Cc3nc4ccccc4o3)cc2N1. The highest BCUT2D eigenvalue weighted by Crippen LogP contribution is 2.29. The molecule has 0 saturated heterocycles. The first-order valence-corrected chi connectivity index (χ1v) is 7.52. The molecule has 0 aliphatic carbocycles. The Kier molecular flexibility index (Phi) is 3.58. The molecule has 4 rings (SSSR count). The van der Waals surface area contributed by atoms with Crippen LogP contribution in [0.15, 0.2) is 46.9 Å². The Morgan fingerprint density at radius 3 is 2.96 bits per heavy atom. The third kappa shape index (κ3) is 2.90. The van der Waals surface area contributed by atoms with Gasteiger partial charge in [-0.3, -0.25) is 14.8 Å². The monoisotopic (exact) mass is 339 g/mol. The van der Waals surface area contributed by atoms with Crippen molar-refractivity contribution < 1.29 is 24.0 Å². The summed E-state index contributed by atoms with van der Waals surface area (Å²) in [5.74, 6) is -0.263. The quantitative estimate of drug-likeness (QED) is 0.560. The number of carbonyl (C=O) groups is 2. The van der Waals surface area contributed by atoms with Crippen molar-refractivity contribution in [2.24, 2.45) is 0 Å². The second kappa shape index (κ2) is 5.91. The van der Waals surface area contributed by atoms with Gasteiger partial charge in [0.2, 0.25) is 5.89 Å². The number of rotatable bonds is 3. The van der Waals surface area contributed by atoms with Crippen LogP contribution in [-0.4, -0.2) is 33.7 Å². The van der Waals surface area contributed by atoms with Gasteiger partial charge in [0, 0.05) is 5.56 Å². The topological polar surface area (TPSA) is 105 Å². The fraction of sp³-hybridized carbons (Fsp3) is 0.118. The first-order chi connectivity index (χ1) is 12.1. The second-order valence-corrected chi connectivity index (χ2v) is 5.49. The van der Waals surface area contributed by atoms with E-state index in [4.69, 9.17) is 9.15 Å². The van der Waals surface area contributed by atoms with Crippen LogP contribution in [0.4, 0.5) is 5.69 Å². The minimum Gasteiger partial charge on any atom is -0.482 e. The second-order valence-electron chi connectivity index (χ2n) is 5.49. The summed E-state index contributed by atoms with van der Waals surface area (Å²) in [5.41, 5.74) is 1.81. The average molecular weight is 339 g/mol. The molecular weight excluding hydrogens is 326 g/mol. The van der Waals surface area contributed by atoms with Crippen molar-refractivity contribution in [2.45, 2.75) is 6.54 Å². The maximum atomic E-state index is 12.4. The summed E-state index contributed by atoms with van der Waals surface area (Å²) in [7, 11) is 0. The van der Waals surface area contributed by atoms with Crippen LogP contribution < -0.4 is 10.1 Å². The lowest BCUT2D eigenvalue weighted by molar-refractivity contribution is -0.118. The van der Waals surface area contributed by atoms with Crippen molar-refractivity contribution in [2.75, 3.05) is 11.9 Å². The minimum atomic E-state index is -0.648. The van der Waals surface area contributed by atoms with E-state index >= 15 is 0 Å². The van der Waals surface area contributed by atoms with Gasteiger partial charge in [-0.15, -0.1) is 0 Å². The summed E-state index contributed by atoms with van der Waals surface area (Å²) in [4.78, 5) is 28.0. The Balaban J connectivity index is 1.53. The van der Waals surface area contributed by atoms with E-state index in [-0.39, 0.29) is 30.5 Å². The number of para-hydroxylation sites is 2. The van der Waals surface area contributed by atoms with Crippen LogP contribution in [0.25, 0.3) is 11.1 Å². The normalized spacial score (nSPS) is 13.1. The standard InChI is InChI=1S/C17H13N3O5/c21-15-9-24-13-6-5-10(7-12(13)18-15)17(22)20(23)8-16-19-11-3-1-2-4-14(11)25-16/h1-7,23H,8-9H2,(H,18,21). The maximum absolute atomic E-state index is 12.4. The van der Waals surface area contributed by atoms with Gasteiger partial charge in [-0.2, -0.15) is 0 Å². The third-order valence-electron chi connectivity index (χ3n) is 3.72. The molecule has 25 heavy (non-hydrogen) atoms. The van der Waals surface area contributed by atoms with Gasteiger partial charge in [-0.25, -0.2) is 10.0 Å². The van der Waals surface area contributed by atoms with E-state index in [1.54, 1.807) is 18.2 Å². The van der Waals surface area contributed by atoms with Crippen LogP contribution in [0.2, 0.25) is 0 Å². The zero-order valence-corrected chi connectivity index (χ0v) is 12.9. The summed E-state index contributed by atoms with van der Waals surface area (Å²) in [6.45, 7) is -0.266. The summed E-state index contributed by atoms with van der Waals surface area (Å²) >= 11 is 0. The molecule has 0 saturated carbocycles. The van der Waals surface area contributed by atoms with E-state index in [0.717, 1.165) is 0 Å². The summed E-state index contributed by atoms with van der Waals surface area (Å²) in [6.07, 6.45) is 0. The lowest BCUT2D eigenvalue weighted by atomic mass is 10.1. The maximum Gasteiger partial charge on any atom is 0.277 e. The molecule has 2 aromatic carbocycles. The van der Waals surface area contributed by atoms with Crippen LogP contribution >= 0.6 is 0 Å². The number of fused-ring (bicyclic) bond motifs is 2. The third-order valence-corrected chi connectivity index (χ3v) is 3.72. The Hall–Kier alpha value is -3.39. The Morgan fingerprint density at radius 1 is 1.28 bits per heavy atom. The largest absolute Gasteiger partial charge is 0.482 e.